The third-order valence-corrected chi connectivity index (χ3v) is 5.36. The van der Waals surface area contributed by atoms with Crippen LogP contribution in [0.1, 0.15) is 23.6 Å². The smallest absolute Gasteiger partial charge is 0.0479 e. The van der Waals surface area contributed by atoms with E-state index in [2.05, 4.69) is 60.4 Å². The first-order chi connectivity index (χ1) is 10.9. The van der Waals surface area contributed by atoms with Gasteiger partial charge in [-0.05, 0) is 53.0 Å². The highest BCUT2D eigenvalue weighted by atomic mass is 15.1. The van der Waals surface area contributed by atoms with E-state index >= 15 is 0 Å². The maximum Gasteiger partial charge on any atom is 0.0479 e. The van der Waals surface area contributed by atoms with Gasteiger partial charge in [0.15, 0.2) is 0 Å². The van der Waals surface area contributed by atoms with Crippen molar-refractivity contribution in [3.05, 3.63) is 65.2 Å². The normalized spacial score (nSPS) is 15.0. The largest absolute Gasteiger partial charge is 0.371 e. The quantitative estimate of drug-likeness (QED) is 0.486. The number of fused-ring (bicyclic) bond motifs is 7. The summed E-state index contributed by atoms with van der Waals surface area (Å²) < 4.78 is 0. The van der Waals surface area contributed by atoms with Crippen LogP contribution < -0.4 is 4.90 Å². The standard InChI is InChI=1S/C21H19N/c1-2-22-12-11-14-7-9-18-19(21(14)22)10-8-16-13-15-5-3-4-6-17(15)20(16)18/h3-10H,2,11-13H2,1H3. The molecule has 1 aliphatic carbocycles. The van der Waals surface area contributed by atoms with E-state index in [4.69, 9.17) is 0 Å². The summed E-state index contributed by atoms with van der Waals surface area (Å²) in [5, 5.41) is 2.87. The molecule has 3 aromatic rings. The van der Waals surface area contributed by atoms with Gasteiger partial charge in [0, 0.05) is 24.2 Å². The molecule has 0 spiro atoms. The van der Waals surface area contributed by atoms with Crippen LogP contribution in [-0.2, 0) is 12.8 Å². The molecule has 108 valence electrons. The van der Waals surface area contributed by atoms with E-state index in [-0.39, 0.29) is 0 Å². The molecule has 0 aromatic heterocycles. The zero-order valence-electron chi connectivity index (χ0n) is 12.9. The lowest BCUT2D eigenvalue weighted by Gasteiger charge is -2.20. The topological polar surface area (TPSA) is 3.24 Å². The number of nitrogens with zero attached hydrogens (tertiary/aromatic N) is 1. The van der Waals surface area contributed by atoms with E-state index in [1.807, 2.05) is 0 Å². The lowest BCUT2D eigenvalue weighted by Crippen LogP contribution is -2.19. The first-order valence-electron chi connectivity index (χ1n) is 8.27. The summed E-state index contributed by atoms with van der Waals surface area (Å²) in [5.41, 5.74) is 8.85. The molecule has 0 unspecified atom stereocenters. The number of benzene rings is 3. The Bertz CT molecular complexity index is 907. The number of anilines is 1. The van der Waals surface area contributed by atoms with E-state index in [9.17, 15) is 0 Å². The molecule has 1 nitrogen and oxygen atoms in total. The third kappa shape index (κ3) is 1.49. The van der Waals surface area contributed by atoms with Crippen LogP contribution in [0.25, 0.3) is 21.9 Å². The van der Waals surface area contributed by atoms with Crippen LogP contribution in [-0.4, -0.2) is 13.1 Å². The summed E-state index contributed by atoms with van der Waals surface area (Å²) in [4.78, 5) is 2.53. The van der Waals surface area contributed by atoms with E-state index in [0.29, 0.717) is 0 Å². The Balaban J connectivity index is 1.86. The Hall–Kier alpha value is -2.28. The maximum atomic E-state index is 2.53. The Kier molecular flexibility index (Phi) is 2.43. The highest BCUT2D eigenvalue weighted by molar-refractivity contribution is 6.07. The van der Waals surface area contributed by atoms with Crippen LogP contribution >= 0.6 is 0 Å². The number of hydrogen-bond acceptors (Lipinski definition) is 1. The van der Waals surface area contributed by atoms with Crippen molar-refractivity contribution in [3.63, 3.8) is 0 Å². The molecule has 1 heteroatoms. The predicted octanol–water partition coefficient (Wildman–Crippen LogP) is 4.79. The molecule has 0 saturated carbocycles. The van der Waals surface area contributed by atoms with Gasteiger partial charge < -0.3 is 4.90 Å². The SMILES string of the molecule is CCN1CCc2ccc3c4c(ccc3c21)Cc1ccccc1-4. The minimum atomic E-state index is 1.08. The van der Waals surface area contributed by atoms with E-state index in [1.165, 1.54) is 57.2 Å². The van der Waals surface area contributed by atoms with Gasteiger partial charge in [-0.25, -0.2) is 0 Å². The fourth-order valence-electron chi connectivity index (χ4n) is 4.33. The number of likely N-dealkylation sites (N-methyl/N-ethyl adjacent to an activating group) is 1. The summed E-state index contributed by atoms with van der Waals surface area (Å²) in [6.07, 6.45) is 2.27. The summed E-state index contributed by atoms with van der Waals surface area (Å²) in [7, 11) is 0. The highest BCUT2D eigenvalue weighted by Gasteiger charge is 2.25. The molecule has 22 heavy (non-hydrogen) atoms. The first-order valence-corrected chi connectivity index (χ1v) is 8.27. The maximum absolute atomic E-state index is 2.53. The Morgan fingerprint density at radius 2 is 1.68 bits per heavy atom. The van der Waals surface area contributed by atoms with Crippen LogP contribution in [0.3, 0.4) is 0 Å². The van der Waals surface area contributed by atoms with E-state index in [0.717, 1.165) is 13.0 Å². The fraction of sp³-hybridized carbons (Fsp3) is 0.238. The second kappa shape index (κ2) is 4.36. The zero-order valence-corrected chi connectivity index (χ0v) is 12.9. The van der Waals surface area contributed by atoms with Crippen molar-refractivity contribution in [1.29, 1.82) is 0 Å². The van der Waals surface area contributed by atoms with Gasteiger partial charge in [0.1, 0.15) is 0 Å². The van der Waals surface area contributed by atoms with Crippen LogP contribution in [0, 0.1) is 0 Å². The van der Waals surface area contributed by atoms with E-state index < -0.39 is 0 Å². The van der Waals surface area contributed by atoms with Gasteiger partial charge in [0.25, 0.3) is 0 Å². The van der Waals surface area contributed by atoms with Crippen molar-refractivity contribution < 1.29 is 0 Å². The highest BCUT2D eigenvalue weighted by Crippen LogP contribution is 2.45. The molecule has 0 bridgehead atoms. The molecule has 0 amide bonds. The molecule has 0 atom stereocenters. The lowest BCUT2D eigenvalue weighted by atomic mass is 9.95. The van der Waals surface area contributed by atoms with Crippen molar-refractivity contribution >= 4 is 16.5 Å². The van der Waals surface area contributed by atoms with Gasteiger partial charge in [-0.2, -0.15) is 0 Å². The molecule has 0 N–H and O–H groups in total. The molecule has 1 heterocycles. The summed E-state index contributed by atoms with van der Waals surface area (Å²) >= 11 is 0. The summed E-state index contributed by atoms with van der Waals surface area (Å²) in [5.74, 6) is 0. The van der Waals surface area contributed by atoms with Crippen molar-refractivity contribution in [2.45, 2.75) is 19.8 Å². The average molecular weight is 285 g/mol. The fourth-order valence-corrected chi connectivity index (χ4v) is 4.33. The summed E-state index contributed by atoms with van der Waals surface area (Å²) in [6, 6.07) is 18.3. The second-order valence-corrected chi connectivity index (χ2v) is 6.43. The van der Waals surface area contributed by atoms with Gasteiger partial charge in [-0.1, -0.05) is 48.5 Å². The molecular formula is C21H19N. The number of hydrogen-bond donors (Lipinski definition) is 0. The van der Waals surface area contributed by atoms with Crippen molar-refractivity contribution in [2.24, 2.45) is 0 Å². The lowest BCUT2D eigenvalue weighted by molar-refractivity contribution is 0.870. The molecule has 2 aliphatic rings. The van der Waals surface area contributed by atoms with Crippen molar-refractivity contribution in [2.75, 3.05) is 18.0 Å². The van der Waals surface area contributed by atoms with Gasteiger partial charge in [-0.3, -0.25) is 0 Å². The van der Waals surface area contributed by atoms with Crippen LogP contribution in [0.15, 0.2) is 48.5 Å². The van der Waals surface area contributed by atoms with E-state index in [1.54, 1.807) is 0 Å². The third-order valence-electron chi connectivity index (χ3n) is 5.36. The van der Waals surface area contributed by atoms with Gasteiger partial charge >= 0.3 is 0 Å². The van der Waals surface area contributed by atoms with Crippen molar-refractivity contribution in [3.8, 4) is 11.1 Å². The minimum Gasteiger partial charge on any atom is -0.371 e. The molecule has 0 radical (unpaired) electrons. The van der Waals surface area contributed by atoms with Crippen LogP contribution in [0.4, 0.5) is 5.69 Å². The molecule has 1 aliphatic heterocycles. The minimum absolute atomic E-state index is 1.08. The summed E-state index contributed by atoms with van der Waals surface area (Å²) in [6.45, 7) is 4.52. The van der Waals surface area contributed by atoms with Crippen molar-refractivity contribution in [1.82, 2.24) is 0 Å². The molecule has 5 rings (SSSR count). The Morgan fingerprint density at radius 3 is 2.59 bits per heavy atom. The van der Waals surface area contributed by atoms with Gasteiger partial charge in [-0.15, -0.1) is 0 Å². The molecule has 0 fully saturated rings. The average Bonchev–Trinajstić information content (AvgIpc) is 3.15. The molecular weight excluding hydrogens is 266 g/mol. The first kappa shape index (κ1) is 12.3. The Labute approximate surface area is 131 Å². The van der Waals surface area contributed by atoms with Gasteiger partial charge in [0.2, 0.25) is 0 Å². The monoisotopic (exact) mass is 285 g/mol. The molecule has 0 saturated heterocycles. The number of rotatable bonds is 1. The zero-order chi connectivity index (χ0) is 14.7. The second-order valence-electron chi connectivity index (χ2n) is 6.43. The Morgan fingerprint density at radius 1 is 0.864 bits per heavy atom. The molecule has 3 aromatic carbocycles. The van der Waals surface area contributed by atoms with Crippen LogP contribution in [0.2, 0.25) is 0 Å². The van der Waals surface area contributed by atoms with Gasteiger partial charge in [0.05, 0.1) is 0 Å². The predicted molar refractivity (Wildman–Crippen MR) is 93.8 cm³/mol. The van der Waals surface area contributed by atoms with Crippen LogP contribution in [0.5, 0.6) is 0 Å².